The van der Waals surface area contributed by atoms with E-state index < -0.39 is 0 Å². The summed E-state index contributed by atoms with van der Waals surface area (Å²) in [6.45, 7) is 11.1. The molecule has 0 aromatic heterocycles. The highest BCUT2D eigenvalue weighted by molar-refractivity contribution is 4.63. The lowest BCUT2D eigenvalue weighted by Crippen LogP contribution is -2.27. The quantitative estimate of drug-likeness (QED) is 0.637. The van der Waals surface area contributed by atoms with Crippen LogP contribution in [0, 0.1) is 11.8 Å². The summed E-state index contributed by atoms with van der Waals surface area (Å²) in [4.78, 5) is 0. The minimum Gasteiger partial charge on any atom is -0.316 e. The standard InChI is InChI=1S/C7H14.C6H13N.C2H6/c1-7-5-3-2-4-6-7;1-6-3-2-4-7-5-6;1-2/h7H,2-6H2,1H3;6-7H,2-5H2,1H3;1-2H3/t;6-;/m.0./s1. The number of rotatable bonds is 0. The Morgan fingerprint density at radius 2 is 1.31 bits per heavy atom. The normalized spacial score (nSPS) is 25.9. The molecule has 1 N–H and O–H groups in total. The molecule has 1 nitrogen and oxygen atoms in total. The Labute approximate surface area is 103 Å². The molecule has 1 saturated heterocycles. The molecule has 16 heavy (non-hydrogen) atoms. The Hall–Kier alpha value is -0.0400. The molecule has 0 spiro atoms. The molecule has 0 amide bonds. The van der Waals surface area contributed by atoms with Crippen LogP contribution < -0.4 is 5.32 Å². The van der Waals surface area contributed by atoms with Crippen molar-refractivity contribution < 1.29 is 0 Å². The first-order valence-electron chi connectivity index (χ1n) is 7.49. The van der Waals surface area contributed by atoms with Crippen LogP contribution in [0.5, 0.6) is 0 Å². The van der Waals surface area contributed by atoms with Gasteiger partial charge in [-0.25, -0.2) is 0 Å². The van der Waals surface area contributed by atoms with Gasteiger partial charge in [-0.2, -0.15) is 0 Å². The largest absolute Gasteiger partial charge is 0.316 e. The van der Waals surface area contributed by atoms with E-state index in [1.807, 2.05) is 13.8 Å². The van der Waals surface area contributed by atoms with Crippen molar-refractivity contribution in [2.24, 2.45) is 11.8 Å². The van der Waals surface area contributed by atoms with Crippen molar-refractivity contribution in [2.45, 2.75) is 72.6 Å². The van der Waals surface area contributed by atoms with Crippen molar-refractivity contribution in [2.75, 3.05) is 13.1 Å². The highest BCUT2D eigenvalue weighted by Crippen LogP contribution is 2.22. The van der Waals surface area contributed by atoms with Gasteiger partial charge in [0.15, 0.2) is 0 Å². The molecule has 0 unspecified atom stereocenters. The van der Waals surface area contributed by atoms with Gasteiger partial charge in [-0.15, -0.1) is 0 Å². The van der Waals surface area contributed by atoms with Gasteiger partial charge in [0.2, 0.25) is 0 Å². The van der Waals surface area contributed by atoms with E-state index in [0.717, 1.165) is 11.8 Å². The molecule has 1 heteroatoms. The maximum absolute atomic E-state index is 3.33. The van der Waals surface area contributed by atoms with Gasteiger partial charge in [0.1, 0.15) is 0 Å². The summed E-state index contributed by atoms with van der Waals surface area (Å²) in [5.74, 6) is 1.96. The maximum Gasteiger partial charge on any atom is -0.00231 e. The Balaban J connectivity index is 0.000000244. The zero-order chi connectivity index (χ0) is 12.2. The van der Waals surface area contributed by atoms with Crippen LogP contribution >= 0.6 is 0 Å². The molecule has 1 aliphatic carbocycles. The predicted molar refractivity (Wildman–Crippen MR) is 74.9 cm³/mol. The first kappa shape index (κ1) is 16.0. The van der Waals surface area contributed by atoms with Crippen molar-refractivity contribution in [1.29, 1.82) is 0 Å². The predicted octanol–water partition coefficient (Wildman–Crippen LogP) is 4.62. The van der Waals surface area contributed by atoms with Gasteiger partial charge < -0.3 is 5.32 Å². The lowest BCUT2D eigenvalue weighted by molar-refractivity contribution is 0.385. The number of piperidine rings is 1. The van der Waals surface area contributed by atoms with Crippen LogP contribution in [0.3, 0.4) is 0 Å². The monoisotopic (exact) mass is 227 g/mol. The summed E-state index contributed by atoms with van der Waals surface area (Å²) in [5.41, 5.74) is 0. The van der Waals surface area contributed by atoms with E-state index in [1.54, 1.807) is 0 Å². The Bertz CT molecular complexity index is 105. The van der Waals surface area contributed by atoms with E-state index in [2.05, 4.69) is 19.2 Å². The molecular weight excluding hydrogens is 194 g/mol. The van der Waals surface area contributed by atoms with E-state index in [-0.39, 0.29) is 0 Å². The van der Waals surface area contributed by atoms with Crippen LogP contribution in [-0.4, -0.2) is 13.1 Å². The lowest BCUT2D eigenvalue weighted by atomic mass is 9.91. The third-order valence-electron chi connectivity index (χ3n) is 3.44. The lowest BCUT2D eigenvalue weighted by Gasteiger charge is -2.17. The van der Waals surface area contributed by atoms with Crippen molar-refractivity contribution in [1.82, 2.24) is 5.32 Å². The van der Waals surface area contributed by atoms with Crippen LogP contribution in [0.4, 0.5) is 0 Å². The summed E-state index contributed by atoms with van der Waals surface area (Å²) in [7, 11) is 0. The number of nitrogens with one attached hydrogen (secondary N) is 1. The zero-order valence-electron chi connectivity index (χ0n) is 12.0. The van der Waals surface area contributed by atoms with Crippen LogP contribution in [0.1, 0.15) is 72.6 Å². The summed E-state index contributed by atoms with van der Waals surface area (Å²) in [6, 6.07) is 0. The van der Waals surface area contributed by atoms with Crippen molar-refractivity contribution in [3.05, 3.63) is 0 Å². The average molecular weight is 227 g/mol. The van der Waals surface area contributed by atoms with Gasteiger partial charge in [0.05, 0.1) is 0 Å². The van der Waals surface area contributed by atoms with E-state index >= 15 is 0 Å². The molecule has 1 heterocycles. The van der Waals surface area contributed by atoms with Gasteiger partial charge in [0.25, 0.3) is 0 Å². The molecule has 1 saturated carbocycles. The number of hydrogen-bond acceptors (Lipinski definition) is 1. The van der Waals surface area contributed by atoms with Gasteiger partial charge >= 0.3 is 0 Å². The zero-order valence-corrected chi connectivity index (χ0v) is 12.0. The minimum atomic E-state index is 0.925. The average Bonchev–Trinajstić information content (AvgIpc) is 2.34. The minimum absolute atomic E-state index is 0.925. The molecule has 2 rings (SSSR count). The van der Waals surface area contributed by atoms with E-state index in [9.17, 15) is 0 Å². The molecule has 2 fully saturated rings. The molecule has 0 radical (unpaired) electrons. The van der Waals surface area contributed by atoms with Crippen molar-refractivity contribution in [3.63, 3.8) is 0 Å². The second kappa shape index (κ2) is 11.4. The van der Waals surface area contributed by atoms with Crippen LogP contribution in [0.25, 0.3) is 0 Å². The summed E-state index contributed by atoms with van der Waals surface area (Å²) < 4.78 is 0. The van der Waals surface area contributed by atoms with Gasteiger partial charge in [-0.05, 0) is 37.8 Å². The van der Waals surface area contributed by atoms with E-state index in [0.29, 0.717) is 0 Å². The Kier molecular flexibility index (Phi) is 11.4. The molecule has 1 aliphatic heterocycles. The van der Waals surface area contributed by atoms with E-state index in [1.165, 1.54) is 58.0 Å². The van der Waals surface area contributed by atoms with Crippen LogP contribution in [0.15, 0.2) is 0 Å². The third kappa shape index (κ3) is 9.21. The third-order valence-corrected chi connectivity index (χ3v) is 3.44. The molecule has 0 bridgehead atoms. The van der Waals surface area contributed by atoms with Crippen molar-refractivity contribution in [3.8, 4) is 0 Å². The van der Waals surface area contributed by atoms with Gasteiger partial charge in [0, 0.05) is 0 Å². The second-order valence-electron chi connectivity index (χ2n) is 5.19. The smallest absolute Gasteiger partial charge is 0.00231 e. The fourth-order valence-electron chi connectivity index (χ4n) is 2.33. The first-order valence-corrected chi connectivity index (χ1v) is 7.49. The Morgan fingerprint density at radius 1 is 0.750 bits per heavy atom. The molecule has 2 aliphatic rings. The highest BCUT2D eigenvalue weighted by atomic mass is 14.9. The highest BCUT2D eigenvalue weighted by Gasteiger charge is 2.06. The molecule has 0 aromatic rings. The van der Waals surface area contributed by atoms with Gasteiger partial charge in [-0.1, -0.05) is 59.8 Å². The summed E-state index contributed by atoms with van der Waals surface area (Å²) in [5, 5.41) is 3.33. The van der Waals surface area contributed by atoms with E-state index in [4.69, 9.17) is 0 Å². The van der Waals surface area contributed by atoms with Crippen LogP contribution in [0.2, 0.25) is 0 Å². The van der Waals surface area contributed by atoms with Crippen LogP contribution in [-0.2, 0) is 0 Å². The SMILES string of the molecule is CC.CC1CCCCC1.C[C@H]1CCCNC1. The molecule has 1 atom stereocenters. The fourth-order valence-corrected chi connectivity index (χ4v) is 2.33. The summed E-state index contributed by atoms with van der Waals surface area (Å²) in [6.07, 6.45) is 10.2. The van der Waals surface area contributed by atoms with Gasteiger partial charge in [-0.3, -0.25) is 0 Å². The maximum atomic E-state index is 3.33. The van der Waals surface area contributed by atoms with Crippen molar-refractivity contribution >= 4 is 0 Å². The first-order chi connectivity index (χ1) is 7.79. The molecule has 98 valence electrons. The molecule has 0 aromatic carbocycles. The number of hydrogen-bond donors (Lipinski definition) is 1. The Morgan fingerprint density at radius 3 is 1.56 bits per heavy atom. The fraction of sp³-hybridized carbons (Fsp3) is 1.00. The second-order valence-corrected chi connectivity index (χ2v) is 5.19. The summed E-state index contributed by atoms with van der Waals surface area (Å²) >= 11 is 0. The topological polar surface area (TPSA) is 12.0 Å². The molecular formula is C15H33N.